The van der Waals surface area contributed by atoms with Crippen molar-refractivity contribution in [1.29, 1.82) is 0 Å². The van der Waals surface area contributed by atoms with Crippen LogP contribution in [0.25, 0.3) is 16.5 Å². The van der Waals surface area contributed by atoms with E-state index in [2.05, 4.69) is 15.0 Å². The van der Waals surface area contributed by atoms with Gasteiger partial charge in [0.1, 0.15) is 0 Å². The highest BCUT2D eigenvalue weighted by Crippen LogP contribution is 2.20. The Morgan fingerprint density at radius 3 is 2.72 bits per heavy atom. The maximum Gasteiger partial charge on any atom is 0.363 e. The van der Waals surface area contributed by atoms with E-state index in [1.807, 2.05) is 49.4 Å². The Bertz CT molecular complexity index is 953. The predicted octanol–water partition coefficient (Wildman–Crippen LogP) is 4.84. The third-order valence-corrected chi connectivity index (χ3v) is 3.58. The van der Waals surface area contributed by atoms with Crippen LogP contribution in [0.15, 0.2) is 76.5 Å². The molecule has 2 aromatic carbocycles. The first-order valence-corrected chi connectivity index (χ1v) is 7.58. The van der Waals surface area contributed by atoms with Gasteiger partial charge in [-0.05, 0) is 47.9 Å². The number of allylic oxidation sites excluding steroid dienone is 2. The van der Waals surface area contributed by atoms with Crippen molar-refractivity contribution in [1.82, 2.24) is 0 Å². The summed E-state index contributed by atoms with van der Waals surface area (Å²) < 4.78 is 5.19. The second-order valence-electron chi connectivity index (χ2n) is 5.31. The summed E-state index contributed by atoms with van der Waals surface area (Å²) in [5.74, 6) is -0.168. The van der Waals surface area contributed by atoms with Gasteiger partial charge in [0.05, 0.1) is 0 Å². The zero-order valence-electron chi connectivity index (χ0n) is 13.5. The Balaban J connectivity index is 1.79. The summed E-state index contributed by atoms with van der Waals surface area (Å²) in [5, 5.41) is 3.56. The molecule has 0 aromatic heterocycles. The van der Waals surface area contributed by atoms with Crippen LogP contribution in [0.5, 0.6) is 0 Å². The highest BCUT2D eigenvalue weighted by atomic mass is 16.6. The molecule has 0 amide bonds. The topological polar surface area (TPSA) is 87.4 Å². The minimum Gasteiger partial charge on any atom is -0.402 e. The molecule has 0 aliphatic carbocycles. The van der Waals surface area contributed by atoms with Gasteiger partial charge < -0.3 is 4.74 Å². The van der Waals surface area contributed by atoms with Crippen LogP contribution in [0, 0.1) is 6.92 Å². The molecule has 3 rings (SSSR count). The van der Waals surface area contributed by atoms with Crippen molar-refractivity contribution in [3.63, 3.8) is 0 Å². The Morgan fingerprint density at radius 1 is 1.20 bits per heavy atom. The minimum atomic E-state index is -0.473. The number of aliphatic imine (C=N–C) groups is 1. The number of carbonyl (C=O) groups is 1. The fourth-order valence-electron chi connectivity index (χ4n) is 2.33. The van der Waals surface area contributed by atoms with Crippen molar-refractivity contribution >= 4 is 23.6 Å². The lowest BCUT2D eigenvalue weighted by Crippen LogP contribution is -2.04. The molecule has 6 heteroatoms. The van der Waals surface area contributed by atoms with Crippen LogP contribution in [0.2, 0.25) is 0 Å². The van der Waals surface area contributed by atoms with E-state index >= 15 is 0 Å². The summed E-state index contributed by atoms with van der Waals surface area (Å²) in [6.07, 6.45) is 5.20. The number of hydrogen-bond donors (Lipinski definition) is 0. The van der Waals surface area contributed by atoms with E-state index in [0.29, 0.717) is 11.6 Å². The molecule has 0 bridgehead atoms. The summed E-state index contributed by atoms with van der Waals surface area (Å²) in [5.41, 5.74) is 11.9. The van der Waals surface area contributed by atoms with Crippen molar-refractivity contribution in [2.45, 2.75) is 6.92 Å². The lowest BCUT2D eigenvalue weighted by molar-refractivity contribution is -0.130. The van der Waals surface area contributed by atoms with Crippen molar-refractivity contribution in [2.24, 2.45) is 10.1 Å². The molecule has 1 aliphatic rings. The number of carbonyl (C=O) groups excluding carboxylic acids is 1. The number of cyclic esters (lactones) is 1. The van der Waals surface area contributed by atoms with E-state index in [9.17, 15) is 4.79 Å². The van der Waals surface area contributed by atoms with Crippen molar-refractivity contribution < 1.29 is 9.53 Å². The zero-order valence-corrected chi connectivity index (χ0v) is 13.5. The summed E-state index contributed by atoms with van der Waals surface area (Å²) in [4.78, 5) is 18.9. The van der Waals surface area contributed by atoms with Gasteiger partial charge in [-0.2, -0.15) is 0 Å². The molecule has 0 fully saturated rings. The van der Waals surface area contributed by atoms with Crippen LogP contribution in [0.1, 0.15) is 16.7 Å². The van der Waals surface area contributed by atoms with Crippen LogP contribution in [-0.2, 0) is 9.53 Å². The molecule has 0 atom stereocenters. The summed E-state index contributed by atoms with van der Waals surface area (Å²) in [6, 6.07) is 14.6. The molecule has 6 nitrogen and oxygen atoms in total. The molecule has 0 spiro atoms. The van der Waals surface area contributed by atoms with E-state index in [4.69, 9.17) is 10.3 Å². The molecule has 0 saturated heterocycles. The van der Waals surface area contributed by atoms with E-state index in [0.717, 1.165) is 16.7 Å². The van der Waals surface area contributed by atoms with Gasteiger partial charge in [-0.3, -0.25) is 0 Å². The molecule has 0 unspecified atom stereocenters. The van der Waals surface area contributed by atoms with Gasteiger partial charge in [0.2, 0.25) is 5.90 Å². The molecule has 25 heavy (non-hydrogen) atoms. The first kappa shape index (κ1) is 16.2. The molecule has 0 radical (unpaired) electrons. The Labute approximate surface area is 144 Å². The van der Waals surface area contributed by atoms with E-state index in [1.54, 1.807) is 24.3 Å². The second-order valence-corrected chi connectivity index (χ2v) is 5.31. The van der Waals surface area contributed by atoms with E-state index in [1.165, 1.54) is 0 Å². The Morgan fingerprint density at radius 2 is 2.00 bits per heavy atom. The van der Waals surface area contributed by atoms with Crippen LogP contribution in [0.3, 0.4) is 0 Å². The number of ether oxygens (including phenoxy) is 1. The highest BCUT2D eigenvalue weighted by molar-refractivity contribution is 6.11. The maximum atomic E-state index is 11.9. The Hall–Kier alpha value is -3.63. The van der Waals surface area contributed by atoms with Crippen LogP contribution in [-0.4, -0.2) is 11.9 Å². The van der Waals surface area contributed by atoms with E-state index in [-0.39, 0.29) is 5.70 Å². The van der Waals surface area contributed by atoms with Crippen molar-refractivity contribution in [3.05, 3.63) is 93.5 Å². The fourth-order valence-corrected chi connectivity index (χ4v) is 2.33. The first-order chi connectivity index (χ1) is 12.2. The molecule has 1 heterocycles. The number of azide groups is 1. The van der Waals surface area contributed by atoms with Crippen LogP contribution < -0.4 is 0 Å². The number of rotatable bonds is 4. The monoisotopic (exact) mass is 330 g/mol. The van der Waals surface area contributed by atoms with Gasteiger partial charge in [0.15, 0.2) is 5.70 Å². The smallest absolute Gasteiger partial charge is 0.363 e. The molecule has 0 saturated carbocycles. The van der Waals surface area contributed by atoms with Gasteiger partial charge in [0, 0.05) is 16.2 Å². The highest BCUT2D eigenvalue weighted by Gasteiger charge is 2.23. The van der Waals surface area contributed by atoms with Crippen molar-refractivity contribution in [2.75, 3.05) is 0 Å². The van der Waals surface area contributed by atoms with Gasteiger partial charge in [-0.25, -0.2) is 9.79 Å². The standard InChI is InChI=1S/C19H14N4O2/c1-13-12-16(22-23-20)11-10-14(13)8-5-9-17-19(24)25-18(21-17)15-6-3-2-4-7-15/h2-12H,1H3. The largest absolute Gasteiger partial charge is 0.402 e. The average Bonchev–Trinajstić information content (AvgIpc) is 2.99. The Kier molecular flexibility index (Phi) is 4.74. The number of esters is 1. The zero-order chi connectivity index (χ0) is 17.6. The fraction of sp³-hybridized carbons (Fsp3) is 0.0526. The number of nitrogens with zero attached hydrogens (tertiary/aromatic N) is 4. The normalized spacial score (nSPS) is 15.2. The third-order valence-electron chi connectivity index (χ3n) is 3.58. The second kappa shape index (κ2) is 7.29. The van der Waals surface area contributed by atoms with Crippen LogP contribution >= 0.6 is 0 Å². The number of benzene rings is 2. The lowest BCUT2D eigenvalue weighted by Gasteiger charge is -2.00. The quantitative estimate of drug-likeness (QED) is 0.264. The molecule has 1 aliphatic heterocycles. The maximum absolute atomic E-state index is 11.9. The van der Waals surface area contributed by atoms with Gasteiger partial charge in [0.25, 0.3) is 0 Å². The molecule has 0 N–H and O–H groups in total. The SMILES string of the molecule is Cc1cc(N=[N+]=[N-])ccc1C=CC=C1N=C(c2ccccc2)OC1=O. The van der Waals surface area contributed by atoms with Crippen molar-refractivity contribution in [3.8, 4) is 0 Å². The number of hydrogen-bond acceptors (Lipinski definition) is 4. The molecule has 122 valence electrons. The first-order valence-electron chi connectivity index (χ1n) is 7.58. The molecule has 2 aromatic rings. The van der Waals surface area contributed by atoms with Crippen LogP contribution in [0.4, 0.5) is 5.69 Å². The number of aryl methyl sites for hydroxylation is 1. The molecular formula is C19H14N4O2. The van der Waals surface area contributed by atoms with Gasteiger partial charge in [-0.1, -0.05) is 47.6 Å². The summed E-state index contributed by atoms with van der Waals surface area (Å²) in [6.45, 7) is 1.92. The summed E-state index contributed by atoms with van der Waals surface area (Å²) in [7, 11) is 0. The summed E-state index contributed by atoms with van der Waals surface area (Å²) >= 11 is 0. The minimum absolute atomic E-state index is 0.249. The average molecular weight is 330 g/mol. The predicted molar refractivity (Wildman–Crippen MR) is 96.2 cm³/mol. The van der Waals surface area contributed by atoms with Gasteiger partial charge in [-0.15, -0.1) is 0 Å². The lowest BCUT2D eigenvalue weighted by atomic mass is 10.1. The van der Waals surface area contributed by atoms with Gasteiger partial charge >= 0.3 is 5.97 Å². The molecular weight excluding hydrogens is 316 g/mol. The van der Waals surface area contributed by atoms with E-state index < -0.39 is 5.97 Å². The third kappa shape index (κ3) is 3.83.